The van der Waals surface area contributed by atoms with Crippen LogP contribution in [0.5, 0.6) is 5.75 Å². The minimum Gasteiger partial charge on any atom is -0.497 e. The number of carbonyl (C=O) groups excluding carboxylic acids is 1. The van der Waals surface area contributed by atoms with Crippen molar-refractivity contribution in [1.82, 2.24) is 9.97 Å². The van der Waals surface area contributed by atoms with Gasteiger partial charge in [-0.15, -0.1) is 0 Å². The van der Waals surface area contributed by atoms with Gasteiger partial charge in [0.1, 0.15) is 11.4 Å². The number of hydrogen-bond donors (Lipinski definition) is 3. The SMILES string of the molecule is COc1ccc(NC(=O)c2cc(=O)[nH]c(=O)[nH]2)cc1. The third kappa shape index (κ3) is 3.09. The Bertz CT molecular complexity index is 672. The molecule has 1 aromatic carbocycles. The van der Waals surface area contributed by atoms with E-state index in [1.165, 1.54) is 7.11 Å². The van der Waals surface area contributed by atoms with Gasteiger partial charge in [0.25, 0.3) is 11.5 Å². The largest absolute Gasteiger partial charge is 0.497 e. The minimum absolute atomic E-state index is 0.107. The molecule has 0 fully saturated rings. The Labute approximate surface area is 107 Å². The zero-order chi connectivity index (χ0) is 13.8. The van der Waals surface area contributed by atoms with E-state index in [0.717, 1.165) is 6.07 Å². The third-order valence-corrected chi connectivity index (χ3v) is 2.35. The highest BCUT2D eigenvalue weighted by molar-refractivity contribution is 6.02. The van der Waals surface area contributed by atoms with Gasteiger partial charge in [0.2, 0.25) is 0 Å². The molecule has 0 aliphatic rings. The Balaban J connectivity index is 2.20. The van der Waals surface area contributed by atoms with Gasteiger partial charge in [0, 0.05) is 11.8 Å². The van der Waals surface area contributed by atoms with Crippen molar-refractivity contribution >= 4 is 11.6 Å². The lowest BCUT2D eigenvalue weighted by Gasteiger charge is -2.05. The molecule has 19 heavy (non-hydrogen) atoms. The number of anilines is 1. The van der Waals surface area contributed by atoms with Crippen LogP contribution in [0.25, 0.3) is 0 Å². The molecule has 1 amide bonds. The number of amides is 1. The number of benzene rings is 1. The zero-order valence-corrected chi connectivity index (χ0v) is 10.0. The number of ether oxygens (including phenoxy) is 1. The smallest absolute Gasteiger partial charge is 0.326 e. The number of methoxy groups -OCH3 is 1. The van der Waals surface area contributed by atoms with Crippen molar-refractivity contribution in [2.45, 2.75) is 0 Å². The van der Waals surface area contributed by atoms with Gasteiger partial charge in [0.05, 0.1) is 7.11 Å². The molecule has 1 aromatic heterocycles. The van der Waals surface area contributed by atoms with E-state index in [4.69, 9.17) is 4.74 Å². The average Bonchev–Trinajstić information content (AvgIpc) is 2.38. The van der Waals surface area contributed by atoms with Gasteiger partial charge in [-0.1, -0.05) is 0 Å². The number of aromatic amines is 2. The molecule has 0 saturated heterocycles. The van der Waals surface area contributed by atoms with Crippen molar-refractivity contribution < 1.29 is 9.53 Å². The van der Waals surface area contributed by atoms with E-state index in [1.807, 2.05) is 4.98 Å². The fourth-order valence-electron chi connectivity index (χ4n) is 1.46. The van der Waals surface area contributed by atoms with E-state index in [-0.39, 0.29) is 5.69 Å². The monoisotopic (exact) mass is 261 g/mol. The van der Waals surface area contributed by atoms with E-state index in [9.17, 15) is 14.4 Å². The Kier molecular flexibility index (Phi) is 3.46. The summed E-state index contributed by atoms with van der Waals surface area (Å²) in [5, 5.41) is 2.55. The van der Waals surface area contributed by atoms with Crippen LogP contribution in [0.2, 0.25) is 0 Å². The van der Waals surface area contributed by atoms with Crippen LogP contribution in [0.1, 0.15) is 10.5 Å². The summed E-state index contributed by atoms with van der Waals surface area (Å²) in [6.07, 6.45) is 0. The highest BCUT2D eigenvalue weighted by Crippen LogP contribution is 2.15. The minimum atomic E-state index is -0.729. The van der Waals surface area contributed by atoms with E-state index < -0.39 is 17.2 Å². The molecule has 2 rings (SSSR count). The molecular formula is C12H11N3O4. The van der Waals surface area contributed by atoms with E-state index >= 15 is 0 Å². The van der Waals surface area contributed by atoms with Gasteiger partial charge in [-0.3, -0.25) is 14.6 Å². The Morgan fingerprint density at radius 3 is 2.42 bits per heavy atom. The molecule has 0 unspecified atom stereocenters. The fourth-order valence-corrected chi connectivity index (χ4v) is 1.46. The number of rotatable bonds is 3. The van der Waals surface area contributed by atoms with Crippen LogP contribution in [-0.4, -0.2) is 23.0 Å². The van der Waals surface area contributed by atoms with Crippen LogP contribution in [0.4, 0.5) is 5.69 Å². The topological polar surface area (TPSA) is 104 Å². The normalized spacial score (nSPS) is 9.95. The van der Waals surface area contributed by atoms with Gasteiger partial charge >= 0.3 is 5.69 Å². The molecule has 0 aliphatic carbocycles. The first-order valence-corrected chi connectivity index (χ1v) is 5.37. The molecule has 2 aromatic rings. The number of H-pyrrole nitrogens is 2. The van der Waals surface area contributed by atoms with Crippen LogP contribution in [0, 0.1) is 0 Å². The number of nitrogens with one attached hydrogen (secondary N) is 3. The summed E-state index contributed by atoms with van der Waals surface area (Å²) in [5.74, 6) is 0.0796. The summed E-state index contributed by atoms with van der Waals surface area (Å²) in [5.41, 5.74) is -0.951. The van der Waals surface area contributed by atoms with Crippen molar-refractivity contribution in [3.8, 4) is 5.75 Å². The first-order valence-electron chi connectivity index (χ1n) is 5.37. The van der Waals surface area contributed by atoms with Crippen molar-refractivity contribution in [2.24, 2.45) is 0 Å². The second kappa shape index (κ2) is 5.21. The summed E-state index contributed by atoms with van der Waals surface area (Å²) in [4.78, 5) is 38.2. The van der Waals surface area contributed by atoms with Gasteiger partial charge in [-0.05, 0) is 24.3 Å². The molecule has 0 atom stereocenters. The quantitative estimate of drug-likeness (QED) is 0.740. The second-order valence-electron chi connectivity index (χ2n) is 3.68. The highest BCUT2D eigenvalue weighted by atomic mass is 16.5. The van der Waals surface area contributed by atoms with E-state index in [0.29, 0.717) is 11.4 Å². The Morgan fingerprint density at radius 1 is 1.16 bits per heavy atom. The molecule has 7 heteroatoms. The summed E-state index contributed by atoms with van der Waals surface area (Å²) >= 11 is 0. The number of hydrogen-bond acceptors (Lipinski definition) is 4. The number of carbonyl (C=O) groups is 1. The van der Waals surface area contributed by atoms with E-state index in [2.05, 4.69) is 10.3 Å². The molecule has 7 nitrogen and oxygen atoms in total. The first-order chi connectivity index (χ1) is 9.08. The van der Waals surface area contributed by atoms with Crippen molar-refractivity contribution in [3.05, 3.63) is 56.9 Å². The van der Waals surface area contributed by atoms with Gasteiger partial charge in [-0.25, -0.2) is 4.79 Å². The lowest BCUT2D eigenvalue weighted by Crippen LogP contribution is -2.27. The molecule has 3 N–H and O–H groups in total. The van der Waals surface area contributed by atoms with E-state index in [1.54, 1.807) is 24.3 Å². The predicted octanol–water partition coefficient (Wildman–Crippen LogP) is 0.324. The molecule has 0 spiro atoms. The van der Waals surface area contributed by atoms with Crippen molar-refractivity contribution in [1.29, 1.82) is 0 Å². The van der Waals surface area contributed by atoms with Crippen molar-refractivity contribution in [3.63, 3.8) is 0 Å². The summed E-state index contributed by atoms with van der Waals surface area (Å²) in [7, 11) is 1.54. The maximum absolute atomic E-state index is 11.8. The summed E-state index contributed by atoms with van der Waals surface area (Å²) in [6, 6.07) is 7.65. The molecule has 0 saturated carbocycles. The summed E-state index contributed by atoms with van der Waals surface area (Å²) in [6.45, 7) is 0. The van der Waals surface area contributed by atoms with Crippen molar-refractivity contribution in [2.75, 3.05) is 12.4 Å². The summed E-state index contributed by atoms with van der Waals surface area (Å²) < 4.78 is 4.98. The maximum Gasteiger partial charge on any atom is 0.326 e. The van der Waals surface area contributed by atoms with Crippen LogP contribution < -0.4 is 21.3 Å². The standard InChI is InChI=1S/C12H11N3O4/c1-19-8-4-2-7(3-5-8)13-11(17)9-6-10(16)15-12(18)14-9/h2-6H,1H3,(H,13,17)(H2,14,15,16,18). The van der Waals surface area contributed by atoms with Gasteiger partial charge < -0.3 is 15.0 Å². The Hall–Kier alpha value is -2.83. The predicted molar refractivity (Wildman–Crippen MR) is 68.6 cm³/mol. The van der Waals surface area contributed by atoms with Crippen LogP contribution >= 0.6 is 0 Å². The molecule has 0 bridgehead atoms. The zero-order valence-electron chi connectivity index (χ0n) is 10.0. The average molecular weight is 261 g/mol. The lowest BCUT2D eigenvalue weighted by molar-refractivity contribution is 0.102. The maximum atomic E-state index is 11.8. The third-order valence-electron chi connectivity index (χ3n) is 2.35. The first kappa shape index (κ1) is 12.6. The van der Waals surface area contributed by atoms with Crippen LogP contribution in [-0.2, 0) is 0 Å². The molecule has 0 aliphatic heterocycles. The highest BCUT2D eigenvalue weighted by Gasteiger charge is 2.08. The van der Waals surface area contributed by atoms with Gasteiger partial charge in [-0.2, -0.15) is 0 Å². The Morgan fingerprint density at radius 2 is 1.84 bits per heavy atom. The fraction of sp³-hybridized carbons (Fsp3) is 0.0833. The molecular weight excluding hydrogens is 250 g/mol. The number of aromatic nitrogens is 2. The van der Waals surface area contributed by atoms with Gasteiger partial charge in [0.15, 0.2) is 0 Å². The molecule has 0 radical (unpaired) electrons. The molecule has 1 heterocycles. The lowest BCUT2D eigenvalue weighted by atomic mass is 10.3. The molecule has 98 valence electrons. The van der Waals surface area contributed by atoms with Crippen LogP contribution in [0.3, 0.4) is 0 Å². The van der Waals surface area contributed by atoms with Crippen LogP contribution in [0.15, 0.2) is 39.9 Å². The second-order valence-corrected chi connectivity index (χ2v) is 3.68.